The highest BCUT2D eigenvalue weighted by Crippen LogP contribution is 2.36. The normalized spacial score (nSPS) is 21.5. The maximum absolute atomic E-state index is 2.42. The summed E-state index contributed by atoms with van der Waals surface area (Å²) in [4.78, 5) is 0. The number of hydrogen-bond donors (Lipinski definition) is 0. The zero-order valence-corrected chi connectivity index (χ0v) is 15.4. The van der Waals surface area contributed by atoms with Crippen LogP contribution in [0.4, 0.5) is 0 Å². The standard InChI is InChI=1S/C23H34/c1-4-5-6-9-20-11-15-22(16-12-20)23-17-13-21(14-18-23)10-7-8-19(2)3/h7-8,10-12,15-16,21,23H,4-6,9,13-14,17-18H2,1-3H3/b10-7+. The molecule has 126 valence electrons. The summed E-state index contributed by atoms with van der Waals surface area (Å²) in [5.74, 6) is 1.57. The van der Waals surface area contributed by atoms with Gasteiger partial charge in [0.15, 0.2) is 0 Å². The van der Waals surface area contributed by atoms with Gasteiger partial charge in [0.2, 0.25) is 0 Å². The van der Waals surface area contributed by atoms with Crippen LogP contribution in [0, 0.1) is 5.92 Å². The van der Waals surface area contributed by atoms with Crippen molar-refractivity contribution in [3.63, 3.8) is 0 Å². The Morgan fingerprint density at radius 2 is 1.70 bits per heavy atom. The van der Waals surface area contributed by atoms with Gasteiger partial charge in [0.05, 0.1) is 0 Å². The molecule has 0 aliphatic heterocycles. The molecule has 1 aliphatic carbocycles. The van der Waals surface area contributed by atoms with Crippen molar-refractivity contribution in [2.75, 3.05) is 0 Å². The molecule has 23 heavy (non-hydrogen) atoms. The maximum atomic E-state index is 2.42. The maximum Gasteiger partial charge on any atom is -0.0162 e. The Morgan fingerprint density at radius 1 is 1.00 bits per heavy atom. The third-order valence-corrected chi connectivity index (χ3v) is 5.10. The molecule has 0 saturated heterocycles. The number of hydrogen-bond acceptors (Lipinski definition) is 0. The van der Waals surface area contributed by atoms with Crippen molar-refractivity contribution < 1.29 is 0 Å². The molecular formula is C23H34. The highest BCUT2D eigenvalue weighted by molar-refractivity contribution is 5.26. The van der Waals surface area contributed by atoms with Gasteiger partial charge in [-0.3, -0.25) is 0 Å². The molecule has 1 aliphatic rings. The van der Waals surface area contributed by atoms with Crippen LogP contribution < -0.4 is 0 Å². The van der Waals surface area contributed by atoms with Gasteiger partial charge >= 0.3 is 0 Å². The molecule has 0 aromatic heterocycles. The summed E-state index contributed by atoms with van der Waals surface area (Å²) >= 11 is 0. The lowest BCUT2D eigenvalue weighted by Crippen LogP contribution is -2.11. The Labute approximate surface area is 143 Å². The van der Waals surface area contributed by atoms with Crippen molar-refractivity contribution in [3.8, 4) is 0 Å². The summed E-state index contributed by atoms with van der Waals surface area (Å²) < 4.78 is 0. The van der Waals surface area contributed by atoms with Crippen molar-refractivity contribution in [2.45, 2.75) is 78.1 Å². The molecule has 1 fully saturated rings. The first-order chi connectivity index (χ1) is 11.2. The first-order valence-electron chi connectivity index (χ1n) is 9.59. The monoisotopic (exact) mass is 310 g/mol. The minimum atomic E-state index is 0.785. The summed E-state index contributed by atoms with van der Waals surface area (Å²) in [6.45, 7) is 6.59. The van der Waals surface area contributed by atoms with Gasteiger partial charge in [0, 0.05) is 0 Å². The average molecular weight is 311 g/mol. The van der Waals surface area contributed by atoms with Crippen molar-refractivity contribution in [1.29, 1.82) is 0 Å². The second-order valence-corrected chi connectivity index (χ2v) is 7.44. The number of unbranched alkanes of at least 4 members (excludes halogenated alkanes) is 2. The summed E-state index contributed by atoms with van der Waals surface area (Å²) in [6.07, 6.45) is 17.5. The lowest BCUT2D eigenvalue weighted by Gasteiger charge is -2.27. The molecule has 0 bridgehead atoms. The van der Waals surface area contributed by atoms with Crippen LogP contribution in [0.15, 0.2) is 48.1 Å². The SMILES string of the molecule is CCCCCc1ccc(C2CCC(/C=C/C=C(C)C)CC2)cc1. The molecule has 1 aromatic rings. The van der Waals surface area contributed by atoms with Crippen molar-refractivity contribution in [3.05, 3.63) is 59.2 Å². The Kier molecular flexibility index (Phi) is 7.65. The highest BCUT2D eigenvalue weighted by Gasteiger charge is 2.20. The quantitative estimate of drug-likeness (QED) is 0.368. The van der Waals surface area contributed by atoms with Crippen LogP contribution in [0.25, 0.3) is 0 Å². The first kappa shape index (κ1) is 18.0. The fourth-order valence-electron chi connectivity index (χ4n) is 3.59. The summed E-state index contributed by atoms with van der Waals surface area (Å²) in [5.41, 5.74) is 4.46. The number of benzene rings is 1. The largest absolute Gasteiger partial charge is 0.0814 e. The second kappa shape index (κ2) is 9.75. The fourth-order valence-corrected chi connectivity index (χ4v) is 3.59. The van der Waals surface area contributed by atoms with E-state index in [1.54, 1.807) is 5.56 Å². The number of aryl methyl sites for hydroxylation is 1. The molecule has 0 nitrogen and oxygen atoms in total. The summed E-state index contributed by atoms with van der Waals surface area (Å²) in [7, 11) is 0. The lowest BCUT2D eigenvalue weighted by atomic mass is 9.78. The van der Waals surface area contributed by atoms with Crippen molar-refractivity contribution in [1.82, 2.24) is 0 Å². The molecular weight excluding hydrogens is 276 g/mol. The molecule has 0 heteroatoms. The minimum absolute atomic E-state index is 0.785. The molecule has 0 atom stereocenters. The van der Waals surface area contributed by atoms with E-state index in [0.717, 1.165) is 11.8 Å². The fraction of sp³-hybridized carbons (Fsp3) is 0.565. The lowest BCUT2D eigenvalue weighted by molar-refractivity contribution is 0.376. The van der Waals surface area contributed by atoms with Crippen LogP contribution >= 0.6 is 0 Å². The first-order valence-corrected chi connectivity index (χ1v) is 9.59. The van der Waals surface area contributed by atoms with Crippen LogP contribution in [0.5, 0.6) is 0 Å². The van der Waals surface area contributed by atoms with Gasteiger partial charge in [-0.25, -0.2) is 0 Å². The average Bonchev–Trinajstić information content (AvgIpc) is 2.56. The Bertz CT molecular complexity index is 491. The van der Waals surface area contributed by atoms with Gasteiger partial charge < -0.3 is 0 Å². The Balaban J connectivity index is 1.80. The van der Waals surface area contributed by atoms with Crippen molar-refractivity contribution in [2.24, 2.45) is 5.92 Å². The minimum Gasteiger partial charge on any atom is -0.0814 e. The molecule has 1 aromatic carbocycles. The molecule has 0 heterocycles. The molecule has 0 unspecified atom stereocenters. The zero-order chi connectivity index (χ0) is 16.5. The van der Waals surface area contributed by atoms with E-state index in [1.165, 1.54) is 62.5 Å². The predicted molar refractivity (Wildman–Crippen MR) is 103 cm³/mol. The molecule has 0 radical (unpaired) electrons. The molecule has 0 N–H and O–H groups in total. The van der Waals surface area contributed by atoms with E-state index >= 15 is 0 Å². The third-order valence-electron chi connectivity index (χ3n) is 5.10. The van der Waals surface area contributed by atoms with E-state index < -0.39 is 0 Å². The van der Waals surface area contributed by atoms with E-state index in [9.17, 15) is 0 Å². The van der Waals surface area contributed by atoms with Crippen LogP contribution in [0.3, 0.4) is 0 Å². The predicted octanol–water partition coefficient (Wildman–Crippen LogP) is 7.22. The summed E-state index contributed by atoms with van der Waals surface area (Å²) in [6, 6.07) is 9.52. The van der Waals surface area contributed by atoms with Gasteiger partial charge in [-0.2, -0.15) is 0 Å². The van der Waals surface area contributed by atoms with E-state index in [4.69, 9.17) is 0 Å². The molecule has 0 spiro atoms. The second-order valence-electron chi connectivity index (χ2n) is 7.44. The molecule has 1 saturated carbocycles. The van der Waals surface area contributed by atoms with Crippen LogP contribution in [-0.2, 0) is 6.42 Å². The Hall–Kier alpha value is -1.30. The number of rotatable bonds is 7. The third kappa shape index (κ3) is 6.37. The van der Waals surface area contributed by atoms with E-state index in [1.807, 2.05) is 0 Å². The van der Waals surface area contributed by atoms with Gasteiger partial charge in [-0.15, -0.1) is 0 Å². The number of allylic oxidation sites excluding steroid dienone is 4. The van der Waals surface area contributed by atoms with Gasteiger partial charge in [-0.1, -0.05) is 67.8 Å². The smallest absolute Gasteiger partial charge is 0.0162 e. The van der Waals surface area contributed by atoms with Gasteiger partial charge in [-0.05, 0) is 75.3 Å². The van der Waals surface area contributed by atoms with E-state index in [-0.39, 0.29) is 0 Å². The zero-order valence-electron chi connectivity index (χ0n) is 15.4. The highest BCUT2D eigenvalue weighted by atomic mass is 14.3. The van der Waals surface area contributed by atoms with E-state index in [2.05, 4.69) is 63.3 Å². The molecule has 0 amide bonds. The molecule has 2 rings (SSSR count). The van der Waals surface area contributed by atoms with Crippen molar-refractivity contribution >= 4 is 0 Å². The summed E-state index contributed by atoms with van der Waals surface area (Å²) in [5, 5.41) is 0. The van der Waals surface area contributed by atoms with Crippen LogP contribution in [0.2, 0.25) is 0 Å². The topological polar surface area (TPSA) is 0 Å². The van der Waals surface area contributed by atoms with Crippen LogP contribution in [0.1, 0.15) is 82.8 Å². The Morgan fingerprint density at radius 3 is 2.30 bits per heavy atom. The van der Waals surface area contributed by atoms with E-state index in [0.29, 0.717) is 0 Å². The van der Waals surface area contributed by atoms with Crippen LogP contribution in [-0.4, -0.2) is 0 Å². The van der Waals surface area contributed by atoms with Gasteiger partial charge in [0.1, 0.15) is 0 Å². The van der Waals surface area contributed by atoms with Gasteiger partial charge in [0.25, 0.3) is 0 Å².